The van der Waals surface area contributed by atoms with Crippen LogP contribution in [0.4, 0.5) is 4.79 Å². The Bertz CT molecular complexity index is 537. The Hall–Kier alpha value is -2.33. The molecule has 2 aromatic carbocycles. The molecular formula is C15H17N3O. The largest absolute Gasteiger partial charge is 0.331 e. The van der Waals surface area contributed by atoms with Gasteiger partial charge in [0, 0.05) is 13.6 Å². The van der Waals surface area contributed by atoms with E-state index in [4.69, 9.17) is 5.84 Å². The highest BCUT2D eigenvalue weighted by molar-refractivity contribution is 5.73. The highest BCUT2D eigenvalue weighted by Crippen LogP contribution is 2.19. The fourth-order valence-electron chi connectivity index (χ4n) is 1.89. The third-order valence-electron chi connectivity index (χ3n) is 2.95. The fraction of sp³-hybridized carbons (Fsp3) is 0.133. The Kier molecular flexibility index (Phi) is 4.15. The van der Waals surface area contributed by atoms with Gasteiger partial charge in [0.05, 0.1) is 0 Å². The summed E-state index contributed by atoms with van der Waals surface area (Å²) in [5, 5.41) is 0. The minimum atomic E-state index is -0.299. The number of nitrogens with zero attached hydrogens (tertiary/aromatic N) is 1. The van der Waals surface area contributed by atoms with Gasteiger partial charge in [0.1, 0.15) is 0 Å². The molecule has 19 heavy (non-hydrogen) atoms. The molecule has 0 atom stereocenters. The molecule has 0 unspecified atom stereocenters. The van der Waals surface area contributed by atoms with Crippen molar-refractivity contribution in [2.75, 3.05) is 7.05 Å². The summed E-state index contributed by atoms with van der Waals surface area (Å²) in [6, 6.07) is 18.0. The number of urea groups is 1. The number of hydrazine groups is 1. The van der Waals surface area contributed by atoms with Crippen molar-refractivity contribution in [1.29, 1.82) is 0 Å². The second-order valence-corrected chi connectivity index (χ2v) is 4.37. The lowest BCUT2D eigenvalue weighted by atomic mass is 10.0. The Morgan fingerprint density at radius 3 is 2.21 bits per heavy atom. The normalized spacial score (nSPS) is 10.0. The molecular weight excluding hydrogens is 238 g/mol. The third-order valence-corrected chi connectivity index (χ3v) is 2.95. The van der Waals surface area contributed by atoms with Crippen molar-refractivity contribution in [3.63, 3.8) is 0 Å². The standard InChI is InChI=1S/C15H17N3O/c1-18(15(19)17-16)11-12-7-9-14(10-8-12)13-5-3-2-4-6-13/h2-10H,11,16H2,1H3,(H,17,19). The van der Waals surface area contributed by atoms with Crippen LogP contribution < -0.4 is 11.3 Å². The highest BCUT2D eigenvalue weighted by atomic mass is 16.2. The minimum absolute atomic E-state index is 0.299. The van der Waals surface area contributed by atoms with Crippen LogP contribution in [0.2, 0.25) is 0 Å². The molecule has 0 saturated heterocycles. The maximum atomic E-state index is 11.3. The molecule has 0 fully saturated rings. The summed E-state index contributed by atoms with van der Waals surface area (Å²) in [5.74, 6) is 5.09. The van der Waals surface area contributed by atoms with E-state index in [2.05, 4.69) is 29.7 Å². The van der Waals surface area contributed by atoms with Crippen molar-refractivity contribution in [3.8, 4) is 11.1 Å². The Balaban J connectivity index is 2.09. The third kappa shape index (κ3) is 3.33. The van der Waals surface area contributed by atoms with E-state index >= 15 is 0 Å². The van der Waals surface area contributed by atoms with E-state index < -0.39 is 0 Å². The van der Waals surface area contributed by atoms with Gasteiger partial charge in [-0.15, -0.1) is 0 Å². The molecule has 2 aromatic rings. The van der Waals surface area contributed by atoms with E-state index in [9.17, 15) is 4.79 Å². The zero-order chi connectivity index (χ0) is 13.7. The smallest absolute Gasteiger partial charge is 0.322 e. The summed E-state index contributed by atoms with van der Waals surface area (Å²) in [6.45, 7) is 0.526. The SMILES string of the molecule is CN(Cc1ccc(-c2ccccc2)cc1)C(=O)NN. The molecule has 98 valence electrons. The van der Waals surface area contributed by atoms with Gasteiger partial charge in [-0.25, -0.2) is 10.6 Å². The molecule has 0 radical (unpaired) electrons. The quantitative estimate of drug-likeness (QED) is 0.502. The maximum absolute atomic E-state index is 11.3. The molecule has 0 heterocycles. The van der Waals surface area contributed by atoms with Gasteiger partial charge in [-0.3, -0.25) is 5.43 Å². The number of carbonyl (C=O) groups is 1. The van der Waals surface area contributed by atoms with Crippen LogP contribution in [0.15, 0.2) is 54.6 Å². The van der Waals surface area contributed by atoms with Gasteiger partial charge < -0.3 is 4.90 Å². The molecule has 4 heteroatoms. The molecule has 2 amide bonds. The lowest BCUT2D eigenvalue weighted by molar-refractivity contribution is 0.207. The topological polar surface area (TPSA) is 58.4 Å². The number of rotatable bonds is 3. The molecule has 0 aliphatic heterocycles. The number of hydrogen-bond donors (Lipinski definition) is 2. The molecule has 0 aliphatic carbocycles. The molecule has 4 nitrogen and oxygen atoms in total. The minimum Gasteiger partial charge on any atom is -0.322 e. The number of nitrogens with one attached hydrogen (secondary N) is 1. The lowest BCUT2D eigenvalue weighted by Gasteiger charge is -2.16. The predicted molar refractivity (Wildman–Crippen MR) is 76.1 cm³/mol. The summed E-state index contributed by atoms with van der Waals surface area (Å²) in [5.41, 5.74) is 5.51. The van der Waals surface area contributed by atoms with Crippen LogP contribution in [0, 0.1) is 0 Å². The van der Waals surface area contributed by atoms with Gasteiger partial charge in [0.25, 0.3) is 0 Å². The second kappa shape index (κ2) is 6.02. The van der Waals surface area contributed by atoms with Gasteiger partial charge in [-0.2, -0.15) is 0 Å². The van der Waals surface area contributed by atoms with E-state index in [0.29, 0.717) is 6.54 Å². The van der Waals surface area contributed by atoms with Crippen molar-refractivity contribution >= 4 is 6.03 Å². The van der Waals surface area contributed by atoms with Gasteiger partial charge >= 0.3 is 6.03 Å². The second-order valence-electron chi connectivity index (χ2n) is 4.37. The van der Waals surface area contributed by atoms with Crippen LogP contribution in [0.1, 0.15) is 5.56 Å². The Morgan fingerprint density at radius 1 is 1.05 bits per heavy atom. The zero-order valence-corrected chi connectivity index (χ0v) is 10.8. The number of carbonyl (C=O) groups excluding carboxylic acids is 1. The summed E-state index contributed by atoms with van der Waals surface area (Å²) >= 11 is 0. The van der Waals surface area contributed by atoms with Crippen LogP contribution in [0.3, 0.4) is 0 Å². The molecule has 0 bridgehead atoms. The zero-order valence-electron chi connectivity index (χ0n) is 10.8. The number of nitrogens with two attached hydrogens (primary N) is 1. The van der Waals surface area contributed by atoms with Crippen molar-refractivity contribution in [3.05, 3.63) is 60.2 Å². The van der Waals surface area contributed by atoms with Gasteiger partial charge in [-0.1, -0.05) is 54.6 Å². The lowest BCUT2D eigenvalue weighted by Crippen LogP contribution is -2.40. The summed E-state index contributed by atoms with van der Waals surface area (Å²) in [7, 11) is 1.70. The number of benzene rings is 2. The monoisotopic (exact) mass is 255 g/mol. The van der Waals surface area contributed by atoms with Gasteiger partial charge in [0.15, 0.2) is 0 Å². The van der Waals surface area contributed by atoms with Crippen molar-refractivity contribution in [2.24, 2.45) is 5.84 Å². The first-order valence-corrected chi connectivity index (χ1v) is 6.07. The summed E-state index contributed by atoms with van der Waals surface area (Å²) < 4.78 is 0. The van der Waals surface area contributed by atoms with Crippen molar-refractivity contribution in [1.82, 2.24) is 10.3 Å². The molecule has 0 aliphatic rings. The first kappa shape index (κ1) is 13.1. The molecule has 0 aromatic heterocycles. The first-order chi connectivity index (χ1) is 9.20. The van der Waals surface area contributed by atoms with E-state index in [1.807, 2.05) is 30.3 Å². The van der Waals surface area contributed by atoms with Crippen LogP contribution in [0.5, 0.6) is 0 Å². The summed E-state index contributed by atoms with van der Waals surface area (Å²) in [4.78, 5) is 12.8. The average molecular weight is 255 g/mol. The first-order valence-electron chi connectivity index (χ1n) is 6.07. The van der Waals surface area contributed by atoms with Crippen LogP contribution >= 0.6 is 0 Å². The van der Waals surface area contributed by atoms with E-state index in [0.717, 1.165) is 11.1 Å². The molecule has 3 N–H and O–H groups in total. The van der Waals surface area contributed by atoms with Crippen LogP contribution in [-0.2, 0) is 6.54 Å². The van der Waals surface area contributed by atoms with Gasteiger partial charge in [0.2, 0.25) is 0 Å². The predicted octanol–water partition coefficient (Wildman–Crippen LogP) is 2.37. The molecule has 0 saturated carbocycles. The van der Waals surface area contributed by atoms with Crippen LogP contribution in [-0.4, -0.2) is 18.0 Å². The Labute approximate surface area is 112 Å². The Morgan fingerprint density at radius 2 is 1.63 bits per heavy atom. The summed E-state index contributed by atoms with van der Waals surface area (Å²) in [6.07, 6.45) is 0. The van der Waals surface area contributed by atoms with Crippen molar-refractivity contribution in [2.45, 2.75) is 6.54 Å². The van der Waals surface area contributed by atoms with Crippen LogP contribution in [0.25, 0.3) is 11.1 Å². The average Bonchev–Trinajstić information content (AvgIpc) is 2.48. The van der Waals surface area contributed by atoms with Gasteiger partial charge in [-0.05, 0) is 16.7 Å². The van der Waals surface area contributed by atoms with Crippen molar-refractivity contribution < 1.29 is 4.79 Å². The number of amides is 2. The maximum Gasteiger partial charge on any atom is 0.331 e. The molecule has 0 spiro atoms. The van der Waals surface area contributed by atoms with E-state index in [1.54, 1.807) is 7.05 Å². The molecule has 2 rings (SSSR count). The van der Waals surface area contributed by atoms with E-state index in [1.165, 1.54) is 10.5 Å². The number of hydrogen-bond acceptors (Lipinski definition) is 2. The fourth-order valence-corrected chi connectivity index (χ4v) is 1.89. The highest BCUT2D eigenvalue weighted by Gasteiger charge is 2.06. The van der Waals surface area contributed by atoms with E-state index in [-0.39, 0.29) is 6.03 Å².